The Morgan fingerprint density at radius 3 is 2.19 bits per heavy atom. The molecular formula is C13H20O2U. The number of carbonyl (C=O) groups excluding carboxylic acids is 1. The number of cyclic esters (lactones) is 1. The number of hydrogen-bond acceptors (Lipinski definition) is 2. The van der Waals surface area contributed by atoms with Crippen molar-refractivity contribution in [3.63, 3.8) is 0 Å². The third-order valence-corrected chi connectivity index (χ3v) is 1.84. The molecule has 16 heavy (non-hydrogen) atoms. The fraction of sp³-hybridized carbons (Fsp3) is 0.462. The molecule has 1 heterocycles. The normalized spacial score (nSPS) is 11.4. The molecule has 0 saturated carbocycles. The second-order valence-electron chi connectivity index (χ2n) is 2.54. The van der Waals surface area contributed by atoms with Gasteiger partial charge in [-0.2, -0.15) is 0 Å². The van der Waals surface area contributed by atoms with Gasteiger partial charge in [0.05, 0.1) is 12.2 Å². The van der Waals surface area contributed by atoms with Gasteiger partial charge in [0.1, 0.15) is 0 Å². The minimum absolute atomic E-state index is 0. The first-order valence-corrected chi connectivity index (χ1v) is 5.63. The molecule has 0 spiro atoms. The molecule has 0 bridgehead atoms. The summed E-state index contributed by atoms with van der Waals surface area (Å²) in [5.74, 6) is -0.188. The van der Waals surface area contributed by atoms with Gasteiger partial charge in [-0.05, 0) is 11.6 Å². The van der Waals surface area contributed by atoms with Crippen molar-refractivity contribution >= 4 is 5.97 Å². The third-order valence-electron chi connectivity index (χ3n) is 1.84. The van der Waals surface area contributed by atoms with Crippen LogP contribution in [0.15, 0.2) is 24.3 Å². The third kappa shape index (κ3) is 5.19. The Morgan fingerprint density at radius 1 is 1.06 bits per heavy atom. The van der Waals surface area contributed by atoms with Crippen LogP contribution >= 0.6 is 0 Å². The minimum atomic E-state index is -0.188. The van der Waals surface area contributed by atoms with E-state index in [1.54, 1.807) is 6.07 Å². The molecule has 0 fully saturated rings. The molecule has 0 radical (unpaired) electrons. The largest absolute Gasteiger partial charge is 0.462 e. The molecule has 0 N–H and O–H groups in total. The molecule has 0 amide bonds. The topological polar surface area (TPSA) is 26.3 Å². The van der Waals surface area contributed by atoms with E-state index >= 15 is 0 Å². The summed E-state index contributed by atoms with van der Waals surface area (Å²) in [6.07, 6.45) is 0.849. The number of hydrogen-bond donors (Lipinski definition) is 0. The van der Waals surface area contributed by atoms with Gasteiger partial charge in [0.25, 0.3) is 0 Å². The maximum atomic E-state index is 11.1. The molecule has 0 aliphatic carbocycles. The Kier molecular flexibility index (Phi) is 12.7. The van der Waals surface area contributed by atoms with Crippen molar-refractivity contribution in [3.05, 3.63) is 35.4 Å². The summed E-state index contributed by atoms with van der Waals surface area (Å²) >= 11 is 0. The van der Waals surface area contributed by atoms with Crippen molar-refractivity contribution in [2.75, 3.05) is 6.61 Å². The summed E-state index contributed by atoms with van der Waals surface area (Å²) in [6.45, 7) is 8.52. The van der Waals surface area contributed by atoms with Gasteiger partial charge in [-0.15, -0.1) is 0 Å². The monoisotopic (exact) mass is 446 g/mol. The van der Waals surface area contributed by atoms with Crippen molar-refractivity contribution in [1.82, 2.24) is 0 Å². The molecule has 0 atom stereocenters. The number of carbonyl (C=O) groups is 1. The number of benzene rings is 1. The molecule has 0 saturated heterocycles. The zero-order valence-electron chi connectivity index (χ0n) is 10.5. The fourth-order valence-electron chi connectivity index (χ4n) is 1.27. The van der Waals surface area contributed by atoms with Gasteiger partial charge in [-0.25, -0.2) is 4.79 Å². The zero-order valence-corrected chi connectivity index (χ0v) is 14.7. The summed E-state index contributed by atoms with van der Waals surface area (Å²) in [5, 5.41) is 0. The van der Waals surface area contributed by atoms with Crippen LogP contribution < -0.4 is 0 Å². The first kappa shape index (κ1) is 18.1. The Balaban J connectivity index is 0. The average Bonchev–Trinajstić information content (AvgIpc) is 2.35. The van der Waals surface area contributed by atoms with Crippen molar-refractivity contribution in [2.24, 2.45) is 0 Å². The molecule has 0 unspecified atom stereocenters. The molecule has 88 valence electrons. The van der Waals surface area contributed by atoms with Crippen LogP contribution in [0.3, 0.4) is 0 Å². The van der Waals surface area contributed by atoms with Gasteiger partial charge in [0.2, 0.25) is 0 Å². The van der Waals surface area contributed by atoms with Gasteiger partial charge in [-0.1, -0.05) is 45.9 Å². The van der Waals surface area contributed by atoms with Crippen molar-refractivity contribution in [3.8, 4) is 0 Å². The molecule has 1 aromatic carbocycles. The summed E-state index contributed by atoms with van der Waals surface area (Å²) in [6, 6.07) is 7.56. The predicted octanol–water partition coefficient (Wildman–Crippen LogP) is 3.45. The molecule has 1 aromatic rings. The van der Waals surface area contributed by atoms with Gasteiger partial charge in [0, 0.05) is 37.5 Å². The number of fused-ring (bicyclic) bond motifs is 1. The van der Waals surface area contributed by atoms with Crippen molar-refractivity contribution in [2.45, 2.75) is 34.1 Å². The Bertz CT molecular complexity index is 298. The van der Waals surface area contributed by atoms with E-state index in [9.17, 15) is 4.79 Å². The first-order valence-electron chi connectivity index (χ1n) is 5.63. The average molecular weight is 446 g/mol. The van der Waals surface area contributed by atoms with E-state index in [2.05, 4.69) is 0 Å². The Morgan fingerprint density at radius 2 is 1.62 bits per heavy atom. The van der Waals surface area contributed by atoms with E-state index in [0.717, 1.165) is 17.5 Å². The van der Waals surface area contributed by atoms with E-state index in [4.69, 9.17) is 4.74 Å². The van der Waals surface area contributed by atoms with Gasteiger partial charge >= 0.3 is 5.97 Å². The zero-order chi connectivity index (χ0) is 11.7. The van der Waals surface area contributed by atoms with Crippen LogP contribution in [0.25, 0.3) is 0 Å². The Labute approximate surface area is 122 Å². The molecular weight excluding hydrogens is 426 g/mol. The first-order chi connectivity index (χ1) is 7.38. The van der Waals surface area contributed by atoms with Crippen LogP contribution in [0.4, 0.5) is 0 Å². The number of ether oxygens (including phenoxy) is 1. The number of esters is 1. The summed E-state index contributed by atoms with van der Waals surface area (Å²) in [4.78, 5) is 11.1. The SMILES string of the molecule is CC.CC.O=C1OCCc2ccccc21.[U]. The van der Waals surface area contributed by atoms with E-state index in [0.29, 0.717) is 6.61 Å². The van der Waals surface area contributed by atoms with E-state index in [1.807, 2.05) is 45.9 Å². The smallest absolute Gasteiger partial charge is 0.338 e. The number of rotatable bonds is 0. The van der Waals surface area contributed by atoms with Crippen LogP contribution in [0.5, 0.6) is 0 Å². The van der Waals surface area contributed by atoms with Gasteiger partial charge in [0.15, 0.2) is 0 Å². The van der Waals surface area contributed by atoms with Crippen LogP contribution in [-0.4, -0.2) is 12.6 Å². The molecule has 2 rings (SSSR count). The van der Waals surface area contributed by atoms with Gasteiger partial charge < -0.3 is 4.74 Å². The maximum Gasteiger partial charge on any atom is 0.338 e. The van der Waals surface area contributed by atoms with E-state index in [-0.39, 0.29) is 37.1 Å². The van der Waals surface area contributed by atoms with Crippen LogP contribution in [0, 0.1) is 31.1 Å². The Hall–Kier alpha value is -0.258. The minimum Gasteiger partial charge on any atom is -0.462 e. The van der Waals surface area contributed by atoms with Gasteiger partial charge in [-0.3, -0.25) is 0 Å². The standard InChI is InChI=1S/C9H8O2.2C2H6.U/c10-9-8-4-2-1-3-7(8)5-6-11-9;2*1-2;/h1-4H,5-6H2;2*1-2H3;. The fourth-order valence-corrected chi connectivity index (χ4v) is 1.27. The summed E-state index contributed by atoms with van der Waals surface area (Å²) < 4.78 is 4.87. The molecule has 2 nitrogen and oxygen atoms in total. The summed E-state index contributed by atoms with van der Waals surface area (Å²) in [7, 11) is 0. The van der Waals surface area contributed by atoms with E-state index in [1.165, 1.54) is 0 Å². The van der Waals surface area contributed by atoms with E-state index < -0.39 is 0 Å². The predicted molar refractivity (Wildman–Crippen MR) is 63.1 cm³/mol. The van der Waals surface area contributed by atoms with Crippen molar-refractivity contribution < 1.29 is 40.6 Å². The van der Waals surface area contributed by atoms with Crippen LogP contribution in [-0.2, 0) is 11.2 Å². The second-order valence-corrected chi connectivity index (χ2v) is 2.54. The molecule has 1 aliphatic heterocycles. The maximum absolute atomic E-state index is 11.1. The molecule has 0 aromatic heterocycles. The summed E-state index contributed by atoms with van der Waals surface area (Å²) in [5.41, 5.74) is 1.82. The molecule has 3 heteroatoms. The van der Waals surface area contributed by atoms with Crippen molar-refractivity contribution in [1.29, 1.82) is 0 Å². The molecule has 1 aliphatic rings. The quantitative estimate of drug-likeness (QED) is 0.571. The van der Waals surface area contributed by atoms with Crippen LogP contribution in [0.1, 0.15) is 43.6 Å². The van der Waals surface area contributed by atoms with Crippen LogP contribution in [0.2, 0.25) is 0 Å². The second kappa shape index (κ2) is 11.2.